The maximum Gasteiger partial charge on any atom is 0.309 e. The van der Waals surface area contributed by atoms with Crippen molar-refractivity contribution in [2.75, 3.05) is 5.33 Å². The van der Waals surface area contributed by atoms with Crippen molar-refractivity contribution in [2.45, 2.75) is 65.4 Å². The summed E-state index contributed by atoms with van der Waals surface area (Å²) in [6.07, 6.45) is 5.17. The van der Waals surface area contributed by atoms with Crippen LogP contribution in [-0.4, -0.2) is 16.9 Å². The number of carbonyl (C=O) groups is 1. The highest BCUT2D eigenvalue weighted by molar-refractivity contribution is 9.11. The Morgan fingerprint density at radius 3 is 1.80 bits per heavy atom. The van der Waals surface area contributed by atoms with Crippen LogP contribution >= 0.6 is 47.8 Å². The van der Waals surface area contributed by atoms with E-state index in [1.54, 1.807) is 0 Å². The summed E-state index contributed by atoms with van der Waals surface area (Å²) in [4.78, 5) is 11.8. The van der Waals surface area contributed by atoms with Crippen molar-refractivity contribution in [3.63, 3.8) is 0 Å². The monoisotopic (exact) mass is 602 g/mol. The second-order valence-corrected chi connectivity index (χ2v) is 10.8. The third-order valence-electron chi connectivity index (χ3n) is 4.39. The lowest BCUT2D eigenvalue weighted by atomic mass is 10.0. The highest BCUT2D eigenvalue weighted by Crippen LogP contribution is 2.20. The van der Waals surface area contributed by atoms with Gasteiger partial charge >= 0.3 is 5.97 Å². The molecule has 5 heteroatoms. The van der Waals surface area contributed by atoms with E-state index in [2.05, 4.69) is 72.1 Å². The van der Waals surface area contributed by atoms with E-state index < -0.39 is 5.60 Å². The summed E-state index contributed by atoms with van der Waals surface area (Å²) in [6.45, 7) is 7.64. The molecule has 0 aliphatic heterocycles. The highest BCUT2D eigenvalue weighted by atomic mass is 79.9. The number of rotatable bonds is 8. The van der Waals surface area contributed by atoms with Crippen molar-refractivity contribution in [1.29, 1.82) is 0 Å². The molecule has 0 saturated heterocycles. The molecule has 0 radical (unpaired) electrons. The lowest BCUT2D eigenvalue weighted by Gasteiger charge is -2.22. The summed E-state index contributed by atoms with van der Waals surface area (Å²) < 4.78 is 7.74. The van der Waals surface area contributed by atoms with E-state index in [0.29, 0.717) is 0 Å². The first-order chi connectivity index (χ1) is 14.1. The number of hydrogen-bond acceptors (Lipinski definition) is 2. The molecule has 0 amide bonds. The van der Waals surface area contributed by atoms with Gasteiger partial charge in [0.15, 0.2) is 0 Å². The molecule has 0 bridgehead atoms. The van der Waals surface area contributed by atoms with Crippen LogP contribution in [0.1, 0.15) is 58.1 Å². The zero-order valence-electron chi connectivity index (χ0n) is 18.4. The largest absolute Gasteiger partial charge is 0.460 e. The van der Waals surface area contributed by atoms with E-state index in [4.69, 9.17) is 4.74 Å². The first-order valence-corrected chi connectivity index (χ1v) is 13.1. The third-order valence-corrected chi connectivity index (χ3v) is 6.50. The summed E-state index contributed by atoms with van der Waals surface area (Å²) in [7, 11) is 0. The first kappa shape index (κ1) is 27.4. The topological polar surface area (TPSA) is 26.3 Å². The number of ether oxygens (including phenoxy) is 1. The fraction of sp³-hybridized carbons (Fsp3) is 0.480. The lowest BCUT2D eigenvalue weighted by Crippen LogP contribution is -2.27. The Morgan fingerprint density at radius 2 is 1.37 bits per heavy atom. The van der Waals surface area contributed by atoms with Crippen LogP contribution in [0, 0.1) is 5.92 Å². The SMILES string of the molecule is BrCCCc1ccccc1Br.CC(CCCc1ccccc1Br)C(=O)OC(C)(C)C. The van der Waals surface area contributed by atoms with Crippen LogP contribution in [-0.2, 0) is 22.4 Å². The minimum absolute atomic E-state index is 0.0401. The number of hydrogen-bond donors (Lipinski definition) is 0. The average molecular weight is 605 g/mol. The molecule has 30 heavy (non-hydrogen) atoms. The smallest absolute Gasteiger partial charge is 0.309 e. The molecule has 0 spiro atoms. The van der Waals surface area contributed by atoms with Gasteiger partial charge in [-0.3, -0.25) is 4.79 Å². The van der Waals surface area contributed by atoms with Crippen molar-refractivity contribution in [3.8, 4) is 0 Å². The molecule has 2 aromatic rings. The summed E-state index contributed by atoms with van der Waals surface area (Å²) >= 11 is 10.5. The van der Waals surface area contributed by atoms with E-state index in [9.17, 15) is 4.79 Å². The molecule has 2 aromatic carbocycles. The number of aryl methyl sites for hydroxylation is 2. The van der Waals surface area contributed by atoms with Gasteiger partial charge in [0.1, 0.15) is 5.60 Å². The van der Waals surface area contributed by atoms with E-state index in [1.807, 2.05) is 52.0 Å². The number of benzene rings is 2. The molecular weight excluding hydrogens is 572 g/mol. The van der Waals surface area contributed by atoms with Crippen LogP contribution in [0.15, 0.2) is 57.5 Å². The van der Waals surface area contributed by atoms with Crippen LogP contribution in [0.5, 0.6) is 0 Å². The van der Waals surface area contributed by atoms with Crippen molar-refractivity contribution < 1.29 is 9.53 Å². The molecule has 166 valence electrons. The van der Waals surface area contributed by atoms with Crippen LogP contribution in [0.25, 0.3) is 0 Å². The van der Waals surface area contributed by atoms with Crippen LogP contribution in [0.4, 0.5) is 0 Å². The van der Waals surface area contributed by atoms with E-state index in [1.165, 1.54) is 22.0 Å². The quantitative estimate of drug-likeness (QED) is 0.223. The van der Waals surface area contributed by atoms with Gasteiger partial charge in [0.05, 0.1) is 5.92 Å². The molecule has 1 unspecified atom stereocenters. The summed E-state index contributed by atoms with van der Waals surface area (Å²) in [6, 6.07) is 16.6. The molecule has 0 saturated carbocycles. The predicted octanol–water partition coefficient (Wildman–Crippen LogP) is 8.53. The summed E-state index contributed by atoms with van der Waals surface area (Å²) in [5, 5.41) is 1.08. The second kappa shape index (κ2) is 14.4. The Balaban J connectivity index is 0.000000346. The van der Waals surface area contributed by atoms with Gasteiger partial charge in [0.2, 0.25) is 0 Å². The number of esters is 1. The summed E-state index contributed by atoms with van der Waals surface area (Å²) in [5.74, 6) is -0.138. The highest BCUT2D eigenvalue weighted by Gasteiger charge is 2.21. The minimum atomic E-state index is -0.395. The van der Waals surface area contributed by atoms with Gasteiger partial charge in [-0.05, 0) is 76.1 Å². The molecule has 2 rings (SSSR count). The average Bonchev–Trinajstić information content (AvgIpc) is 2.68. The maximum absolute atomic E-state index is 11.8. The van der Waals surface area contributed by atoms with Gasteiger partial charge in [-0.25, -0.2) is 0 Å². The van der Waals surface area contributed by atoms with Gasteiger partial charge in [0.25, 0.3) is 0 Å². The Morgan fingerprint density at radius 1 is 0.900 bits per heavy atom. The molecular formula is C25H33Br3O2. The van der Waals surface area contributed by atoms with Crippen molar-refractivity contribution in [1.82, 2.24) is 0 Å². The number of alkyl halides is 1. The van der Waals surface area contributed by atoms with Crippen LogP contribution < -0.4 is 0 Å². The fourth-order valence-electron chi connectivity index (χ4n) is 2.78. The van der Waals surface area contributed by atoms with Gasteiger partial charge in [-0.1, -0.05) is 91.1 Å². The molecule has 1 atom stereocenters. The molecule has 0 N–H and O–H groups in total. The molecule has 0 aliphatic carbocycles. The van der Waals surface area contributed by atoms with Gasteiger partial charge in [-0.2, -0.15) is 0 Å². The Labute approximate surface area is 207 Å². The normalized spacial score (nSPS) is 12.0. The molecule has 0 aliphatic rings. The van der Waals surface area contributed by atoms with Gasteiger partial charge in [0, 0.05) is 14.3 Å². The molecule has 0 aromatic heterocycles. The fourth-order valence-corrected chi connectivity index (χ4v) is 4.02. The predicted molar refractivity (Wildman–Crippen MR) is 138 cm³/mol. The van der Waals surface area contributed by atoms with Crippen molar-refractivity contribution in [2.24, 2.45) is 5.92 Å². The Bertz CT molecular complexity index is 769. The second-order valence-electron chi connectivity index (χ2n) is 8.30. The number of carbonyl (C=O) groups excluding carboxylic acids is 1. The van der Waals surface area contributed by atoms with Crippen LogP contribution in [0.3, 0.4) is 0 Å². The minimum Gasteiger partial charge on any atom is -0.460 e. The zero-order valence-corrected chi connectivity index (χ0v) is 23.1. The van der Waals surface area contributed by atoms with Crippen molar-refractivity contribution >= 4 is 53.8 Å². The van der Waals surface area contributed by atoms with Crippen LogP contribution in [0.2, 0.25) is 0 Å². The standard InChI is InChI=1S/C16H23BrO2.C9H10Br2/c1-12(15(18)19-16(2,3)4)8-7-10-13-9-5-6-11-14(13)17;10-7-3-5-8-4-1-2-6-9(8)11/h5-6,9,11-12H,7-8,10H2,1-4H3;1-2,4,6H,3,5,7H2. The first-order valence-electron chi connectivity index (χ1n) is 10.4. The molecule has 2 nitrogen and oxygen atoms in total. The molecule has 0 heterocycles. The Hall–Kier alpha value is -0.650. The molecule has 0 fully saturated rings. The lowest BCUT2D eigenvalue weighted by molar-refractivity contribution is -0.159. The van der Waals surface area contributed by atoms with Gasteiger partial charge in [-0.15, -0.1) is 0 Å². The third kappa shape index (κ3) is 11.7. The van der Waals surface area contributed by atoms with E-state index in [0.717, 1.165) is 35.5 Å². The maximum atomic E-state index is 11.8. The van der Waals surface area contributed by atoms with E-state index in [-0.39, 0.29) is 11.9 Å². The number of halogens is 3. The van der Waals surface area contributed by atoms with E-state index >= 15 is 0 Å². The zero-order chi connectivity index (χ0) is 22.6. The van der Waals surface area contributed by atoms with Crippen molar-refractivity contribution in [3.05, 3.63) is 68.6 Å². The van der Waals surface area contributed by atoms with Gasteiger partial charge < -0.3 is 4.74 Å². The summed E-state index contributed by atoms with van der Waals surface area (Å²) in [5.41, 5.74) is 2.29. The Kier molecular flexibility index (Phi) is 13.2.